The fourth-order valence-electron chi connectivity index (χ4n) is 2.98. The van der Waals surface area contributed by atoms with E-state index in [2.05, 4.69) is 37.8 Å². The highest BCUT2D eigenvalue weighted by Gasteiger charge is 2.24. The predicted molar refractivity (Wildman–Crippen MR) is 92.0 cm³/mol. The lowest BCUT2D eigenvalue weighted by atomic mass is 9.90. The van der Waals surface area contributed by atoms with Gasteiger partial charge in [0.25, 0.3) is 0 Å². The fourth-order valence-corrected chi connectivity index (χ4v) is 2.98. The van der Waals surface area contributed by atoms with Crippen LogP contribution >= 0.6 is 0 Å². The Morgan fingerprint density at radius 1 is 1.26 bits per heavy atom. The SMILES string of the molecule is C=CC(=O)N(C)CC(=O)N1CCC(Cc2ccc(C)cc2)CC1. The second-order valence-electron chi connectivity index (χ2n) is 6.41. The Morgan fingerprint density at radius 3 is 2.43 bits per heavy atom. The van der Waals surface area contributed by atoms with Crippen LogP contribution < -0.4 is 0 Å². The highest BCUT2D eigenvalue weighted by Crippen LogP contribution is 2.22. The highest BCUT2D eigenvalue weighted by molar-refractivity contribution is 5.90. The number of carbonyl (C=O) groups excluding carboxylic acids is 2. The van der Waals surface area contributed by atoms with Crippen molar-refractivity contribution in [3.05, 3.63) is 48.0 Å². The van der Waals surface area contributed by atoms with Gasteiger partial charge in [-0.15, -0.1) is 0 Å². The van der Waals surface area contributed by atoms with E-state index in [-0.39, 0.29) is 18.4 Å². The summed E-state index contributed by atoms with van der Waals surface area (Å²) in [7, 11) is 1.63. The van der Waals surface area contributed by atoms with E-state index in [0.29, 0.717) is 5.92 Å². The van der Waals surface area contributed by atoms with Gasteiger partial charge in [0.2, 0.25) is 11.8 Å². The molecule has 1 saturated heterocycles. The number of nitrogens with zero attached hydrogens (tertiary/aromatic N) is 2. The number of likely N-dealkylation sites (N-methyl/N-ethyl adjacent to an activating group) is 1. The molecule has 0 N–H and O–H groups in total. The second-order valence-corrected chi connectivity index (χ2v) is 6.41. The van der Waals surface area contributed by atoms with Crippen molar-refractivity contribution in [2.24, 2.45) is 5.92 Å². The average molecular weight is 314 g/mol. The van der Waals surface area contributed by atoms with Crippen molar-refractivity contribution < 1.29 is 9.59 Å². The van der Waals surface area contributed by atoms with Crippen LogP contribution in [0.25, 0.3) is 0 Å². The number of piperidine rings is 1. The summed E-state index contributed by atoms with van der Waals surface area (Å²) in [6.07, 6.45) is 4.37. The lowest BCUT2D eigenvalue weighted by molar-refractivity contribution is -0.138. The highest BCUT2D eigenvalue weighted by atomic mass is 16.2. The molecule has 0 radical (unpaired) electrons. The third kappa shape index (κ3) is 4.95. The molecule has 0 bridgehead atoms. The predicted octanol–water partition coefficient (Wildman–Crippen LogP) is 2.42. The quantitative estimate of drug-likeness (QED) is 0.783. The van der Waals surface area contributed by atoms with Gasteiger partial charge in [0.05, 0.1) is 6.54 Å². The van der Waals surface area contributed by atoms with Crippen LogP contribution in [-0.4, -0.2) is 48.3 Å². The summed E-state index contributed by atoms with van der Waals surface area (Å²) in [6.45, 7) is 7.24. The van der Waals surface area contributed by atoms with Gasteiger partial charge >= 0.3 is 0 Å². The molecular weight excluding hydrogens is 288 g/mol. The topological polar surface area (TPSA) is 40.6 Å². The molecule has 2 rings (SSSR count). The molecule has 0 atom stereocenters. The number of rotatable bonds is 5. The smallest absolute Gasteiger partial charge is 0.246 e. The molecule has 4 nitrogen and oxygen atoms in total. The van der Waals surface area contributed by atoms with Crippen molar-refractivity contribution in [1.29, 1.82) is 0 Å². The minimum Gasteiger partial charge on any atom is -0.341 e. The zero-order valence-corrected chi connectivity index (χ0v) is 14.1. The number of benzene rings is 1. The van der Waals surface area contributed by atoms with Gasteiger partial charge in [-0.2, -0.15) is 0 Å². The zero-order valence-electron chi connectivity index (χ0n) is 14.1. The summed E-state index contributed by atoms with van der Waals surface area (Å²) in [5.41, 5.74) is 2.66. The Morgan fingerprint density at radius 2 is 1.87 bits per heavy atom. The number of likely N-dealkylation sites (tertiary alicyclic amines) is 1. The van der Waals surface area contributed by atoms with Crippen LogP contribution in [0.4, 0.5) is 0 Å². The molecule has 0 spiro atoms. The summed E-state index contributed by atoms with van der Waals surface area (Å²) >= 11 is 0. The molecule has 1 aromatic carbocycles. The van der Waals surface area contributed by atoms with Crippen LogP contribution in [0.3, 0.4) is 0 Å². The van der Waals surface area contributed by atoms with E-state index < -0.39 is 0 Å². The van der Waals surface area contributed by atoms with Crippen LogP contribution in [0.2, 0.25) is 0 Å². The number of aryl methyl sites for hydroxylation is 1. The normalized spacial score (nSPS) is 15.3. The van der Waals surface area contributed by atoms with Crippen molar-refractivity contribution in [3.63, 3.8) is 0 Å². The van der Waals surface area contributed by atoms with Crippen LogP contribution in [0.15, 0.2) is 36.9 Å². The van der Waals surface area contributed by atoms with Gasteiger partial charge in [0, 0.05) is 20.1 Å². The average Bonchev–Trinajstić information content (AvgIpc) is 2.56. The second kappa shape index (κ2) is 7.95. The fraction of sp³-hybridized carbons (Fsp3) is 0.474. The van der Waals surface area contributed by atoms with Gasteiger partial charge < -0.3 is 9.80 Å². The van der Waals surface area contributed by atoms with Crippen molar-refractivity contribution >= 4 is 11.8 Å². The van der Waals surface area contributed by atoms with Gasteiger partial charge in [-0.1, -0.05) is 36.4 Å². The van der Waals surface area contributed by atoms with E-state index in [1.165, 1.54) is 22.1 Å². The lowest BCUT2D eigenvalue weighted by Gasteiger charge is -2.33. The Hall–Kier alpha value is -2.10. The van der Waals surface area contributed by atoms with Gasteiger partial charge in [-0.25, -0.2) is 0 Å². The maximum Gasteiger partial charge on any atom is 0.246 e. The largest absolute Gasteiger partial charge is 0.341 e. The van der Waals surface area contributed by atoms with E-state index >= 15 is 0 Å². The molecule has 1 aromatic rings. The van der Waals surface area contributed by atoms with Crippen molar-refractivity contribution in [3.8, 4) is 0 Å². The zero-order chi connectivity index (χ0) is 16.8. The molecule has 0 aromatic heterocycles. The molecule has 1 aliphatic rings. The summed E-state index contributed by atoms with van der Waals surface area (Å²) in [4.78, 5) is 27.0. The Labute approximate surface area is 138 Å². The minimum absolute atomic E-state index is 0.0245. The van der Waals surface area contributed by atoms with Crippen molar-refractivity contribution in [2.45, 2.75) is 26.2 Å². The monoisotopic (exact) mass is 314 g/mol. The number of carbonyl (C=O) groups is 2. The molecule has 2 amide bonds. The summed E-state index contributed by atoms with van der Waals surface area (Å²) in [5, 5.41) is 0. The Kier molecular flexibility index (Phi) is 5.97. The molecule has 0 unspecified atom stereocenters. The third-order valence-electron chi connectivity index (χ3n) is 4.54. The van der Waals surface area contributed by atoms with Crippen LogP contribution in [0.5, 0.6) is 0 Å². The standard InChI is InChI=1S/C19H26N2O2/c1-4-18(22)20(3)14-19(23)21-11-9-17(10-12-21)13-16-7-5-15(2)6-8-16/h4-8,17H,1,9-14H2,2-3H3. The van der Waals surface area contributed by atoms with Crippen LogP contribution in [-0.2, 0) is 16.0 Å². The summed E-state index contributed by atoms with van der Waals surface area (Å²) in [5.74, 6) is 0.443. The first-order valence-electron chi connectivity index (χ1n) is 8.20. The van der Waals surface area contributed by atoms with Gasteiger partial charge in [0.1, 0.15) is 0 Å². The molecule has 4 heteroatoms. The molecular formula is C19H26N2O2. The van der Waals surface area contributed by atoms with E-state index in [9.17, 15) is 9.59 Å². The summed E-state index contributed by atoms with van der Waals surface area (Å²) in [6, 6.07) is 8.70. The molecule has 1 heterocycles. The van der Waals surface area contributed by atoms with E-state index in [4.69, 9.17) is 0 Å². The molecule has 0 aliphatic carbocycles. The molecule has 23 heavy (non-hydrogen) atoms. The molecule has 1 aliphatic heterocycles. The van der Waals surface area contributed by atoms with E-state index in [1.54, 1.807) is 7.05 Å². The number of hydrogen-bond donors (Lipinski definition) is 0. The Bertz CT molecular complexity index is 557. The van der Waals surface area contributed by atoms with Gasteiger partial charge in [0.15, 0.2) is 0 Å². The van der Waals surface area contributed by atoms with Crippen LogP contribution in [0.1, 0.15) is 24.0 Å². The third-order valence-corrected chi connectivity index (χ3v) is 4.54. The minimum atomic E-state index is -0.215. The van der Waals surface area contributed by atoms with E-state index in [1.807, 2.05) is 4.90 Å². The van der Waals surface area contributed by atoms with Gasteiger partial charge in [-0.05, 0) is 43.7 Å². The maximum absolute atomic E-state index is 12.2. The lowest BCUT2D eigenvalue weighted by Crippen LogP contribution is -2.44. The van der Waals surface area contributed by atoms with Crippen molar-refractivity contribution in [1.82, 2.24) is 9.80 Å². The molecule has 124 valence electrons. The number of hydrogen-bond acceptors (Lipinski definition) is 2. The van der Waals surface area contributed by atoms with E-state index in [0.717, 1.165) is 32.4 Å². The summed E-state index contributed by atoms with van der Waals surface area (Å²) < 4.78 is 0. The van der Waals surface area contributed by atoms with Crippen LogP contribution in [0, 0.1) is 12.8 Å². The van der Waals surface area contributed by atoms with Gasteiger partial charge in [-0.3, -0.25) is 9.59 Å². The maximum atomic E-state index is 12.2. The number of amides is 2. The first-order valence-corrected chi connectivity index (χ1v) is 8.20. The Balaban J connectivity index is 1.79. The molecule has 1 fully saturated rings. The first-order chi connectivity index (χ1) is 11.0. The molecule has 0 saturated carbocycles. The van der Waals surface area contributed by atoms with Crippen molar-refractivity contribution in [2.75, 3.05) is 26.7 Å². The first kappa shape index (κ1) is 17.3.